The highest BCUT2D eigenvalue weighted by Crippen LogP contribution is 2.19. The van der Waals surface area contributed by atoms with Crippen molar-refractivity contribution in [2.75, 3.05) is 5.32 Å². The van der Waals surface area contributed by atoms with Gasteiger partial charge >= 0.3 is 0 Å². The van der Waals surface area contributed by atoms with Crippen LogP contribution >= 0.6 is 0 Å². The molecule has 3 aromatic carbocycles. The van der Waals surface area contributed by atoms with Crippen molar-refractivity contribution in [3.63, 3.8) is 0 Å². The SMILES string of the molecule is N#CCc1ccc(OCc2ccccc2NC(=O)/C=C/c2cccc(F)c2)cc1. The smallest absolute Gasteiger partial charge is 0.248 e. The van der Waals surface area contributed by atoms with Crippen molar-refractivity contribution in [2.24, 2.45) is 0 Å². The van der Waals surface area contributed by atoms with E-state index < -0.39 is 0 Å². The van der Waals surface area contributed by atoms with Gasteiger partial charge in [-0.2, -0.15) is 5.26 Å². The van der Waals surface area contributed by atoms with Gasteiger partial charge in [0.2, 0.25) is 5.91 Å². The fourth-order valence-corrected chi connectivity index (χ4v) is 2.68. The van der Waals surface area contributed by atoms with Crippen molar-refractivity contribution in [3.8, 4) is 11.8 Å². The Labute approximate surface area is 168 Å². The fraction of sp³-hybridized carbons (Fsp3) is 0.0833. The number of para-hydroxylation sites is 1. The summed E-state index contributed by atoms with van der Waals surface area (Å²) >= 11 is 0. The third-order valence-corrected chi connectivity index (χ3v) is 4.15. The molecular formula is C24H19FN2O2. The third-order valence-electron chi connectivity index (χ3n) is 4.15. The van der Waals surface area contributed by atoms with Crippen LogP contribution in [0.25, 0.3) is 6.08 Å². The summed E-state index contributed by atoms with van der Waals surface area (Å²) in [5.74, 6) is 0.0112. The first-order chi connectivity index (χ1) is 14.1. The Balaban J connectivity index is 1.62. The topological polar surface area (TPSA) is 62.1 Å². The van der Waals surface area contributed by atoms with Gasteiger partial charge in [-0.1, -0.05) is 42.5 Å². The van der Waals surface area contributed by atoms with Crippen LogP contribution in [0.15, 0.2) is 78.9 Å². The van der Waals surface area contributed by atoms with Crippen LogP contribution in [0.3, 0.4) is 0 Å². The van der Waals surface area contributed by atoms with E-state index in [9.17, 15) is 9.18 Å². The number of carbonyl (C=O) groups is 1. The number of ether oxygens (including phenoxy) is 1. The molecule has 0 saturated carbocycles. The Bertz CT molecular complexity index is 1050. The first-order valence-corrected chi connectivity index (χ1v) is 9.05. The fourth-order valence-electron chi connectivity index (χ4n) is 2.68. The Morgan fingerprint density at radius 1 is 1.07 bits per heavy atom. The summed E-state index contributed by atoms with van der Waals surface area (Å²) in [6, 6.07) is 22.8. The Morgan fingerprint density at radius 3 is 2.62 bits per heavy atom. The number of rotatable bonds is 7. The number of anilines is 1. The van der Waals surface area contributed by atoms with Gasteiger partial charge in [-0.25, -0.2) is 4.39 Å². The van der Waals surface area contributed by atoms with Crippen LogP contribution in [0.5, 0.6) is 5.75 Å². The number of halogens is 1. The lowest BCUT2D eigenvalue weighted by atomic mass is 10.1. The molecule has 4 nitrogen and oxygen atoms in total. The average Bonchev–Trinajstić information content (AvgIpc) is 2.73. The average molecular weight is 386 g/mol. The van der Waals surface area contributed by atoms with E-state index in [1.165, 1.54) is 18.2 Å². The molecular weight excluding hydrogens is 367 g/mol. The zero-order chi connectivity index (χ0) is 20.5. The van der Waals surface area contributed by atoms with Crippen molar-refractivity contribution in [1.82, 2.24) is 0 Å². The summed E-state index contributed by atoms with van der Waals surface area (Å²) in [5.41, 5.74) is 3.00. The van der Waals surface area contributed by atoms with E-state index in [4.69, 9.17) is 10.00 Å². The second-order valence-electron chi connectivity index (χ2n) is 6.30. The van der Waals surface area contributed by atoms with Crippen molar-refractivity contribution >= 4 is 17.7 Å². The Hall–Kier alpha value is -3.91. The summed E-state index contributed by atoms with van der Waals surface area (Å²) in [5, 5.41) is 11.5. The number of carbonyl (C=O) groups excluding carboxylic acids is 1. The van der Waals surface area contributed by atoms with Crippen LogP contribution < -0.4 is 10.1 Å². The molecule has 1 amide bonds. The molecule has 0 bridgehead atoms. The number of hydrogen-bond acceptors (Lipinski definition) is 3. The van der Waals surface area contributed by atoms with Gasteiger partial charge in [-0.05, 0) is 47.5 Å². The van der Waals surface area contributed by atoms with Crippen LogP contribution in [-0.2, 0) is 17.8 Å². The minimum absolute atomic E-state index is 0.279. The predicted octanol–water partition coefficient (Wildman–Crippen LogP) is 5.12. The lowest BCUT2D eigenvalue weighted by molar-refractivity contribution is -0.111. The van der Waals surface area contributed by atoms with Gasteiger partial charge in [0.25, 0.3) is 0 Å². The van der Waals surface area contributed by atoms with Gasteiger partial charge in [0.1, 0.15) is 18.2 Å². The summed E-state index contributed by atoms with van der Waals surface area (Å²) in [4.78, 5) is 12.2. The number of nitrogens with zero attached hydrogens (tertiary/aromatic N) is 1. The molecule has 0 atom stereocenters. The minimum atomic E-state index is -0.351. The summed E-state index contributed by atoms with van der Waals surface area (Å²) in [7, 11) is 0. The van der Waals surface area contributed by atoms with E-state index in [2.05, 4.69) is 11.4 Å². The van der Waals surface area contributed by atoms with Crippen molar-refractivity contribution in [1.29, 1.82) is 5.26 Å². The molecule has 0 aliphatic carbocycles. The largest absolute Gasteiger partial charge is 0.489 e. The maximum atomic E-state index is 13.2. The van der Waals surface area contributed by atoms with Gasteiger partial charge < -0.3 is 10.1 Å². The van der Waals surface area contributed by atoms with E-state index in [0.29, 0.717) is 23.4 Å². The predicted molar refractivity (Wildman–Crippen MR) is 111 cm³/mol. The van der Waals surface area contributed by atoms with Crippen LogP contribution in [0, 0.1) is 17.1 Å². The third kappa shape index (κ3) is 6.05. The minimum Gasteiger partial charge on any atom is -0.489 e. The first-order valence-electron chi connectivity index (χ1n) is 9.05. The van der Waals surface area contributed by atoms with Crippen molar-refractivity contribution < 1.29 is 13.9 Å². The maximum Gasteiger partial charge on any atom is 0.248 e. The highest BCUT2D eigenvalue weighted by atomic mass is 19.1. The number of benzene rings is 3. The van der Waals surface area contributed by atoms with E-state index in [-0.39, 0.29) is 18.3 Å². The lowest BCUT2D eigenvalue weighted by Gasteiger charge is -2.11. The molecule has 0 aromatic heterocycles. The molecule has 3 aromatic rings. The van der Waals surface area contributed by atoms with Gasteiger partial charge in [0, 0.05) is 17.3 Å². The van der Waals surface area contributed by atoms with E-state index >= 15 is 0 Å². The van der Waals surface area contributed by atoms with Gasteiger partial charge in [0.05, 0.1) is 12.5 Å². The molecule has 144 valence electrons. The molecule has 0 spiro atoms. The van der Waals surface area contributed by atoms with Crippen molar-refractivity contribution in [2.45, 2.75) is 13.0 Å². The highest BCUT2D eigenvalue weighted by molar-refractivity contribution is 6.02. The van der Waals surface area contributed by atoms with Gasteiger partial charge in [0.15, 0.2) is 0 Å². The molecule has 0 aliphatic rings. The molecule has 0 fully saturated rings. The zero-order valence-corrected chi connectivity index (χ0v) is 15.6. The molecule has 0 saturated heterocycles. The van der Waals surface area contributed by atoms with Gasteiger partial charge in [-0.3, -0.25) is 4.79 Å². The standard InChI is InChI=1S/C24H19FN2O2/c25-21-6-3-4-19(16-21)10-13-24(28)27-23-7-2-1-5-20(23)17-29-22-11-8-18(9-12-22)14-15-26/h1-13,16H,14,17H2,(H,27,28)/b13-10+. The molecule has 0 radical (unpaired) electrons. The number of nitriles is 1. The molecule has 5 heteroatoms. The molecule has 3 rings (SSSR count). The monoisotopic (exact) mass is 386 g/mol. The molecule has 0 unspecified atom stereocenters. The first kappa shape index (κ1) is 19.8. The van der Waals surface area contributed by atoms with Crippen LogP contribution in [-0.4, -0.2) is 5.91 Å². The second kappa shape index (κ2) is 9.86. The quantitative estimate of drug-likeness (QED) is 0.573. The summed E-state index contributed by atoms with van der Waals surface area (Å²) in [6.07, 6.45) is 3.28. The van der Waals surface area contributed by atoms with Crippen LogP contribution in [0.2, 0.25) is 0 Å². The zero-order valence-electron chi connectivity index (χ0n) is 15.6. The van der Waals surface area contributed by atoms with Gasteiger partial charge in [-0.15, -0.1) is 0 Å². The number of hydrogen-bond donors (Lipinski definition) is 1. The number of nitrogens with one attached hydrogen (secondary N) is 1. The van der Waals surface area contributed by atoms with Crippen molar-refractivity contribution in [3.05, 3.63) is 101 Å². The van der Waals surface area contributed by atoms with E-state index in [0.717, 1.165) is 11.1 Å². The normalized spacial score (nSPS) is 10.5. The second-order valence-corrected chi connectivity index (χ2v) is 6.30. The number of amides is 1. The van der Waals surface area contributed by atoms with Crippen LogP contribution in [0.1, 0.15) is 16.7 Å². The summed E-state index contributed by atoms with van der Waals surface area (Å²) in [6.45, 7) is 0.279. The lowest BCUT2D eigenvalue weighted by Crippen LogP contribution is -2.10. The maximum absolute atomic E-state index is 13.2. The molecule has 0 heterocycles. The van der Waals surface area contributed by atoms with E-state index in [1.54, 1.807) is 24.3 Å². The Morgan fingerprint density at radius 2 is 1.86 bits per heavy atom. The Kier molecular flexibility index (Phi) is 6.75. The van der Waals surface area contributed by atoms with Crippen LogP contribution in [0.4, 0.5) is 10.1 Å². The highest BCUT2D eigenvalue weighted by Gasteiger charge is 2.06. The molecule has 29 heavy (non-hydrogen) atoms. The molecule has 1 N–H and O–H groups in total. The summed E-state index contributed by atoms with van der Waals surface area (Å²) < 4.78 is 19.0. The molecule has 0 aliphatic heterocycles. The van der Waals surface area contributed by atoms with E-state index in [1.807, 2.05) is 42.5 Å².